The van der Waals surface area contributed by atoms with Crippen molar-refractivity contribution in [2.45, 2.75) is 47.1 Å². The van der Waals surface area contributed by atoms with Crippen molar-refractivity contribution in [1.82, 2.24) is 4.90 Å². The molecule has 1 aromatic carbocycles. The third kappa shape index (κ3) is 3.24. The minimum Gasteiger partial charge on any atom is -0.329 e. The number of aryl methyl sites for hydroxylation is 3. The van der Waals surface area contributed by atoms with Gasteiger partial charge in [-0.1, -0.05) is 31.5 Å². The second-order valence-electron chi connectivity index (χ2n) is 6.96. The molecule has 3 unspecified atom stereocenters. The van der Waals surface area contributed by atoms with Crippen LogP contribution in [0.5, 0.6) is 0 Å². The topological polar surface area (TPSA) is 29.3 Å². The van der Waals surface area contributed by atoms with Gasteiger partial charge in [-0.15, -0.1) is 0 Å². The van der Waals surface area contributed by atoms with Crippen LogP contribution in [0.3, 0.4) is 0 Å². The summed E-state index contributed by atoms with van der Waals surface area (Å²) < 4.78 is 0. The number of likely N-dealkylation sites (tertiary alicyclic amines) is 1. The molecule has 3 atom stereocenters. The van der Waals surface area contributed by atoms with Gasteiger partial charge >= 0.3 is 0 Å². The Hall–Kier alpha value is -0.860. The lowest BCUT2D eigenvalue weighted by molar-refractivity contribution is 0.0978. The molecule has 2 N–H and O–H groups in total. The fraction of sp³-hybridized carbons (Fsp3) is 0.667. The van der Waals surface area contributed by atoms with Gasteiger partial charge in [0.2, 0.25) is 0 Å². The summed E-state index contributed by atoms with van der Waals surface area (Å²) in [7, 11) is 0. The normalized spacial score (nSPS) is 25.7. The molecule has 2 heteroatoms. The highest BCUT2D eigenvalue weighted by molar-refractivity contribution is 5.40. The largest absolute Gasteiger partial charge is 0.329 e. The van der Waals surface area contributed by atoms with Gasteiger partial charge in [-0.25, -0.2) is 0 Å². The van der Waals surface area contributed by atoms with Crippen molar-refractivity contribution in [3.8, 4) is 0 Å². The molecule has 0 radical (unpaired) electrons. The van der Waals surface area contributed by atoms with Crippen LogP contribution in [-0.2, 0) is 0 Å². The molecule has 1 heterocycles. The molecule has 1 aliphatic rings. The van der Waals surface area contributed by atoms with E-state index in [-0.39, 0.29) is 0 Å². The van der Waals surface area contributed by atoms with Crippen LogP contribution in [-0.4, -0.2) is 24.5 Å². The predicted octanol–water partition coefficient (Wildman–Crippen LogP) is 3.59. The van der Waals surface area contributed by atoms with E-state index in [1.54, 1.807) is 0 Å². The first-order valence-electron chi connectivity index (χ1n) is 7.94. The third-order valence-electron chi connectivity index (χ3n) is 4.63. The molecule has 0 aromatic heterocycles. The lowest BCUT2D eigenvalue weighted by Crippen LogP contribution is -2.43. The first kappa shape index (κ1) is 15.5. The van der Waals surface area contributed by atoms with Gasteiger partial charge < -0.3 is 5.73 Å². The molecule has 1 aromatic rings. The number of hydrogen-bond acceptors (Lipinski definition) is 2. The molecule has 1 saturated heterocycles. The summed E-state index contributed by atoms with van der Waals surface area (Å²) in [5.74, 6) is 1.55. The molecule has 2 nitrogen and oxygen atoms in total. The Morgan fingerprint density at radius 3 is 2.05 bits per heavy atom. The van der Waals surface area contributed by atoms with E-state index >= 15 is 0 Å². The minimum absolute atomic E-state index is 0.376. The molecular formula is C18H30N2. The smallest absolute Gasteiger partial charge is 0.0475 e. The Morgan fingerprint density at radius 2 is 1.60 bits per heavy atom. The first-order chi connectivity index (χ1) is 9.42. The molecular weight excluding hydrogens is 244 g/mol. The zero-order valence-electron chi connectivity index (χ0n) is 13.7. The van der Waals surface area contributed by atoms with Crippen molar-refractivity contribution in [3.63, 3.8) is 0 Å². The summed E-state index contributed by atoms with van der Waals surface area (Å²) in [6.45, 7) is 14.4. The number of piperidine rings is 1. The summed E-state index contributed by atoms with van der Waals surface area (Å²) >= 11 is 0. The van der Waals surface area contributed by atoms with Crippen molar-refractivity contribution in [2.75, 3.05) is 19.6 Å². The van der Waals surface area contributed by atoms with E-state index in [0.717, 1.165) is 11.8 Å². The van der Waals surface area contributed by atoms with Crippen molar-refractivity contribution >= 4 is 0 Å². The molecule has 0 saturated carbocycles. The van der Waals surface area contributed by atoms with Gasteiger partial charge in [0, 0.05) is 25.7 Å². The van der Waals surface area contributed by atoms with Gasteiger partial charge in [0.25, 0.3) is 0 Å². The maximum Gasteiger partial charge on any atom is 0.0475 e. The Kier molecular flexibility index (Phi) is 4.87. The molecule has 20 heavy (non-hydrogen) atoms. The highest BCUT2D eigenvalue weighted by Crippen LogP contribution is 2.32. The molecule has 0 amide bonds. The lowest BCUT2D eigenvalue weighted by atomic mass is 9.87. The van der Waals surface area contributed by atoms with Gasteiger partial charge in [-0.2, -0.15) is 0 Å². The first-order valence-corrected chi connectivity index (χ1v) is 7.94. The van der Waals surface area contributed by atoms with Crippen LogP contribution in [0.15, 0.2) is 12.1 Å². The Bertz CT molecular complexity index is 433. The Morgan fingerprint density at radius 1 is 1.10 bits per heavy atom. The van der Waals surface area contributed by atoms with Crippen LogP contribution in [0.1, 0.15) is 48.6 Å². The monoisotopic (exact) mass is 274 g/mol. The van der Waals surface area contributed by atoms with Crippen LogP contribution in [0.4, 0.5) is 0 Å². The summed E-state index contributed by atoms with van der Waals surface area (Å²) in [4.78, 5) is 2.61. The van der Waals surface area contributed by atoms with E-state index in [1.807, 2.05) is 0 Å². The average molecular weight is 274 g/mol. The van der Waals surface area contributed by atoms with Crippen LogP contribution < -0.4 is 5.73 Å². The average Bonchev–Trinajstić information content (AvgIpc) is 2.32. The maximum absolute atomic E-state index is 6.16. The number of nitrogens with zero attached hydrogens (tertiary/aromatic N) is 1. The number of nitrogens with two attached hydrogens (primary N) is 1. The summed E-state index contributed by atoms with van der Waals surface area (Å²) in [5.41, 5.74) is 11.8. The standard InChI is InChI=1S/C18H30N2/c1-12-7-15(4)18(16(5)8-12)17(9-19)20-10-13(2)6-14(3)11-20/h7-8,13-14,17H,6,9-11,19H2,1-5H3. The third-order valence-corrected chi connectivity index (χ3v) is 4.63. The Labute approximate surface area is 124 Å². The highest BCUT2D eigenvalue weighted by atomic mass is 15.2. The van der Waals surface area contributed by atoms with E-state index in [9.17, 15) is 0 Å². The predicted molar refractivity (Wildman–Crippen MR) is 87.0 cm³/mol. The number of benzene rings is 1. The van der Waals surface area contributed by atoms with E-state index in [0.29, 0.717) is 12.6 Å². The molecule has 1 aliphatic heterocycles. The van der Waals surface area contributed by atoms with Gasteiger partial charge in [0.1, 0.15) is 0 Å². The highest BCUT2D eigenvalue weighted by Gasteiger charge is 2.29. The van der Waals surface area contributed by atoms with Crippen LogP contribution in [0.2, 0.25) is 0 Å². The van der Waals surface area contributed by atoms with E-state index in [1.165, 1.54) is 41.8 Å². The van der Waals surface area contributed by atoms with Gasteiger partial charge in [-0.05, 0) is 55.7 Å². The number of rotatable bonds is 3. The van der Waals surface area contributed by atoms with E-state index in [2.05, 4.69) is 51.7 Å². The van der Waals surface area contributed by atoms with Crippen LogP contribution in [0.25, 0.3) is 0 Å². The molecule has 2 rings (SSSR count). The van der Waals surface area contributed by atoms with Crippen molar-refractivity contribution in [1.29, 1.82) is 0 Å². The van der Waals surface area contributed by atoms with Crippen molar-refractivity contribution in [2.24, 2.45) is 17.6 Å². The summed E-state index contributed by atoms with van der Waals surface area (Å²) in [5, 5.41) is 0. The fourth-order valence-corrected chi connectivity index (χ4v) is 4.13. The summed E-state index contributed by atoms with van der Waals surface area (Å²) in [6.07, 6.45) is 1.35. The fourth-order valence-electron chi connectivity index (χ4n) is 4.13. The summed E-state index contributed by atoms with van der Waals surface area (Å²) in [6, 6.07) is 4.96. The molecule has 0 bridgehead atoms. The quantitative estimate of drug-likeness (QED) is 0.912. The maximum atomic E-state index is 6.16. The van der Waals surface area contributed by atoms with Gasteiger partial charge in [0.15, 0.2) is 0 Å². The van der Waals surface area contributed by atoms with Crippen LogP contribution >= 0.6 is 0 Å². The van der Waals surface area contributed by atoms with E-state index in [4.69, 9.17) is 5.73 Å². The second kappa shape index (κ2) is 6.28. The second-order valence-corrected chi connectivity index (χ2v) is 6.96. The lowest BCUT2D eigenvalue weighted by Gasteiger charge is -2.41. The van der Waals surface area contributed by atoms with Crippen LogP contribution in [0, 0.1) is 32.6 Å². The molecule has 0 spiro atoms. The van der Waals surface area contributed by atoms with Crippen molar-refractivity contribution < 1.29 is 0 Å². The molecule has 0 aliphatic carbocycles. The SMILES string of the molecule is Cc1cc(C)c(C(CN)N2CC(C)CC(C)C2)c(C)c1. The zero-order chi connectivity index (χ0) is 14.9. The van der Waals surface area contributed by atoms with Gasteiger partial charge in [-0.3, -0.25) is 4.90 Å². The van der Waals surface area contributed by atoms with E-state index < -0.39 is 0 Å². The minimum atomic E-state index is 0.376. The van der Waals surface area contributed by atoms with Crippen molar-refractivity contribution in [3.05, 3.63) is 34.4 Å². The number of hydrogen-bond donors (Lipinski definition) is 1. The zero-order valence-corrected chi connectivity index (χ0v) is 13.7. The Balaban J connectivity index is 2.33. The molecule has 1 fully saturated rings. The van der Waals surface area contributed by atoms with Gasteiger partial charge in [0.05, 0.1) is 0 Å². The molecule has 112 valence electrons.